The molecule has 1 fully saturated rings. The smallest absolute Gasteiger partial charge is 0.248 e. The normalized spacial score (nSPS) is 20.2. The molecule has 0 heterocycles. The Morgan fingerprint density at radius 3 is 2.47 bits per heavy atom. The van der Waals surface area contributed by atoms with Gasteiger partial charge in [-0.1, -0.05) is 29.0 Å². The maximum absolute atomic E-state index is 12.9. The number of amides is 1. The molecule has 1 aliphatic carbocycles. The van der Waals surface area contributed by atoms with Crippen molar-refractivity contribution in [2.75, 3.05) is 11.0 Å². The second-order valence-corrected chi connectivity index (χ2v) is 5.75. The number of rotatable bonds is 6. The lowest BCUT2D eigenvalue weighted by molar-refractivity contribution is -0.129. The van der Waals surface area contributed by atoms with E-state index in [1.807, 2.05) is 0 Å². The van der Waals surface area contributed by atoms with Gasteiger partial charge in [0.1, 0.15) is 0 Å². The Hall–Kier alpha value is 0.0600. The van der Waals surface area contributed by atoms with Crippen LogP contribution in [0.2, 0.25) is 0 Å². The third-order valence-corrected chi connectivity index (χ3v) is 3.96. The van der Waals surface area contributed by atoms with E-state index in [0.29, 0.717) is 19.4 Å². The molecular formula is C12H20F2INO. The van der Waals surface area contributed by atoms with Gasteiger partial charge in [0.2, 0.25) is 11.8 Å². The van der Waals surface area contributed by atoms with Crippen LogP contribution < -0.4 is 5.32 Å². The van der Waals surface area contributed by atoms with Crippen LogP contribution in [-0.4, -0.2) is 22.8 Å². The topological polar surface area (TPSA) is 29.1 Å². The van der Waals surface area contributed by atoms with Crippen LogP contribution in [0.1, 0.15) is 44.9 Å². The molecule has 0 aromatic carbocycles. The molecule has 1 N–H and O–H groups in total. The highest BCUT2D eigenvalue weighted by Crippen LogP contribution is 2.36. The van der Waals surface area contributed by atoms with E-state index in [2.05, 4.69) is 27.9 Å². The lowest BCUT2D eigenvalue weighted by Crippen LogP contribution is -2.36. The molecule has 1 saturated carbocycles. The van der Waals surface area contributed by atoms with Gasteiger partial charge in [0.05, 0.1) is 0 Å². The highest BCUT2D eigenvalue weighted by molar-refractivity contribution is 14.1. The molecule has 1 rings (SSSR count). The Kier molecular flexibility index (Phi) is 6.66. The Bertz CT molecular complexity index is 239. The van der Waals surface area contributed by atoms with Gasteiger partial charge in [-0.05, 0) is 30.1 Å². The predicted octanol–water partition coefficient (Wildman–Crippen LogP) is 3.53. The molecule has 0 aliphatic heterocycles. The molecular weight excluding hydrogens is 339 g/mol. The Morgan fingerprint density at radius 1 is 1.24 bits per heavy atom. The Balaban J connectivity index is 2.12. The van der Waals surface area contributed by atoms with Gasteiger partial charge in [0.15, 0.2) is 0 Å². The lowest BCUT2D eigenvalue weighted by Gasteiger charge is -2.27. The summed E-state index contributed by atoms with van der Waals surface area (Å²) in [5, 5.41) is 2.85. The molecule has 0 unspecified atom stereocenters. The number of nitrogens with one attached hydrogen (secondary N) is 1. The summed E-state index contributed by atoms with van der Waals surface area (Å²) in [6.45, 7) is 0.683. The molecule has 0 bridgehead atoms. The predicted molar refractivity (Wildman–Crippen MR) is 72.7 cm³/mol. The first kappa shape index (κ1) is 15.1. The molecule has 100 valence electrons. The van der Waals surface area contributed by atoms with Gasteiger partial charge >= 0.3 is 0 Å². The molecule has 0 atom stereocenters. The van der Waals surface area contributed by atoms with Crippen LogP contribution >= 0.6 is 22.6 Å². The number of hydrogen-bond donors (Lipinski definition) is 1. The van der Waals surface area contributed by atoms with Crippen LogP contribution in [0, 0.1) is 5.92 Å². The zero-order chi connectivity index (χ0) is 12.7. The maximum Gasteiger partial charge on any atom is 0.248 e. The fourth-order valence-electron chi connectivity index (χ4n) is 2.05. The van der Waals surface area contributed by atoms with E-state index < -0.39 is 5.92 Å². The largest absolute Gasteiger partial charge is 0.356 e. The number of unbranched alkanes of at least 4 members (excludes halogenated alkanes) is 2. The van der Waals surface area contributed by atoms with Gasteiger partial charge in [-0.3, -0.25) is 4.79 Å². The molecule has 0 spiro atoms. The minimum absolute atomic E-state index is 0.0324. The van der Waals surface area contributed by atoms with E-state index in [4.69, 9.17) is 0 Å². The van der Waals surface area contributed by atoms with Crippen LogP contribution in [0.5, 0.6) is 0 Å². The molecule has 2 nitrogen and oxygen atoms in total. The van der Waals surface area contributed by atoms with Crippen LogP contribution in [0.3, 0.4) is 0 Å². The first-order valence-corrected chi connectivity index (χ1v) is 7.79. The fraction of sp³-hybridized carbons (Fsp3) is 0.917. The number of carbonyl (C=O) groups excluding carboxylic acids is 1. The highest BCUT2D eigenvalue weighted by Gasteiger charge is 2.37. The zero-order valence-electron chi connectivity index (χ0n) is 9.98. The van der Waals surface area contributed by atoms with Crippen molar-refractivity contribution in [3.05, 3.63) is 0 Å². The summed E-state index contributed by atoms with van der Waals surface area (Å²) in [6.07, 6.45) is 3.65. The molecule has 0 aromatic heterocycles. The summed E-state index contributed by atoms with van der Waals surface area (Å²) >= 11 is 2.33. The monoisotopic (exact) mass is 359 g/mol. The van der Waals surface area contributed by atoms with Gasteiger partial charge in [-0.2, -0.15) is 0 Å². The Labute approximate surface area is 115 Å². The molecule has 5 heteroatoms. The average molecular weight is 359 g/mol. The number of hydrogen-bond acceptors (Lipinski definition) is 1. The first-order valence-electron chi connectivity index (χ1n) is 6.27. The number of alkyl halides is 3. The third kappa shape index (κ3) is 5.97. The quantitative estimate of drug-likeness (QED) is 0.439. The molecule has 0 aromatic rings. The van der Waals surface area contributed by atoms with Gasteiger partial charge in [0.25, 0.3) is 0 Å². The highest BCUT2D eigenvalue weighted by atomic mass is 127. The van der Waals surface area contributed by atoms with Gasteiger partial charge in [-0.25, -0.2) is 8.78 Å². The number of carbonyl (C=O) groups is 1. The summed E-state index contributed by atoms with van der Waals surface area (Å²) in [5.41, 5.74) is 0. The fourth-order valence-corrected chi connectivity index (χ4v) is 2.59. The summed E-state index contributed by atoms with van der Waals surface area (Å²) in [7, 11) is 0. The van der Waals surface area contributed by atoms with Crippen molar-refractivity contribution in [2.45, 2.75) is 50.9 Å². The van der Waals surface area contributed by atoms with Gasteiger partial charge in [-0.15, -0.1) is 0 Å². The summed E-state index contributed by atoms with van der Waals surface area (Å²) in [4.78, 5) is 11.7. The summed E-state index contributed by atoms with van der Waals surface area (Å²) in [5.74, 6) is -2.77. The summed E-state index contributed by atoms with van der Waals surface area (Å²) < 4.78 is 26.9. The second kappa shape index (κ2) is 7.48. The van der Waals surface area contributed by atoms with Crippen molar-refractivity contribution in [3.8, 4) is 0 Å². The van der Waals surface area contributed by atoms with Crippen molar-refractivity contribution in [1.82, 2.24) is 5.32 Å². The van der Waals surface area contributed by atoms with Crippen molar-refractivity contribution in [2.24, 2.45) is 5.92 Å². The SMILES string of the molecule is O=C(NCCCCCI)C1CCC(F)(F)CC1. The van der Waals surface area contributed by atoms with E-state index >= 15 is 0 Å². The van der Waals surface area contributed by atoms with E-state index in [0.717, 1.165) is 17.3 Å². The molecule has 0 saturated heterocycles. The van der Waals surface area contributed by atoms with Crippen molar-refractivity contribution in [3.63, 3.8) is 0 Å². The van der Waals surface area contributed by atoms with Crippen LogP contribution in [-0.2, 0) is 4.79 Å². The maximum atomic E-state index is 12.9. The van der Waals surface area contributed by atoms with Crippen molar-refractivity contribution in [1.29, 1.82) is 0 Å². The first-order chi connectivity index (χ1) is 8.05. The molecule has 1 amide bonds. The van der Waals surface area contributed by atoms with E-state index in [1.165, 1.54) is 6.42 Å². The van der Waals surface area contributed by atoms with Crippen LogP contribution in [0.25, 0.3) is 0 Å². The van der Waals surface area contributed by atoms with Gasteiger partial charge < -0.3 is 5.32 Å². The standard InChI is InChI=1S/C12H20F2INO/c13-12(14)6-4-10(5-7-12)11(17)16-9-3-1-2-8-15/h10H,1-9H2,(H,16,17). The Morgan fingerprint density at radius 2 is 1.88 bits per heavy atom. The summed E-state index contributed by atoms with van der Waals surface area (Å²) in [6, 6.07) is 0. The molecule has 0 radical (unpaired) electrons. The number of halogens is 3. The van der Waals surface area contributed by atoms with E-state index in [1.54, 1.807) is 0 Å². The third-order valence-electron chi connectivity index (χ3n) is 3.20. The van der Waals surface area contributed by atoms with Crippen LogP contribution in [0.4, 0.5) is 8.78 Å². The van der Waals surface area contributed by atoms with Crippen molar-refractivity contribution >= 4 is 28.5 Å². The second-order valence-electron chi connectivity index (χ2n) is 4.67. The average Bonchev–Trinajstić information content (AvgIpc) is 2.28. The zero-order valence-corrected chi connectivity index (χ0v) is 12.1. The van der Waals surface area contributed by atoms with Gasteiger partial charge in [0, 0.05) is 25.3 Å². The minimum Gasteiger partial charge on any atom is -0.356 e. The van der Waals surface area contributed by atoms with E-state index in [-0.39, 0.29) is 24.7 Å². The molecule has 17 heavy (non-hydrogen) atoms. The minimum atomic E-state index is -2.54. The molecule has 1 aliphatic rings. The lowest BCUT2D eigenvalue weighted by atomic mass is 9.86. The van der Waals surface area contributed by atoms with Crippen molar-refractivity contribution < 1.29 is 13.6 Å². The van der Waals surface area contributed by atoms with E-state index in [9.17, 15) is 13.6 Å². The van der Waals surface area contributed by atoms with Crippen LogP contribution in [0.15, 0.2) is 0 Å².